The number of amides is 1. The van der Waals surface area contributed by atoms with Crippen molar-refractivity contribution in [2.45, 2.75) is 30.1 Å². The van der Waals surface area contributed by atoms with Gasteiger partial charge >= 0.3 is 5.97 Å². The van der Waals surface area contributed by atoms with Gasteiger partial charge in [-0.1, -0.05) is 11.6 Å². The summed E-state index contributed by atoms with van der Waals surface area (Å²) in [5, 5.41) is 2.86. The lowest BCUT2D eigenvalue weighted by Gasteiger charge is -2.16. The van der Waals surface area contributed by atoms with Crippen molar-refractivity contribution in [2.75, 3.05) is 12.1 Å². The smallest absolute Gasteiger partial charge is 0.319 e. The quantitative estimate of drug-likeness (QED) is 0.573. The van der Waals surface area contributed by atoms with Crippen molar-refractivity contribution in [3.8, 4) is 11.5 Å². The third-order valence-corrected chi connectivity index (χ3v) is 5.10. The maximum atomic E-state index is 12.3. The number of carbonyl (C=O) groups is 2. The van der Waals surface area contributed by atoms with Crippen LogP contribution in [0.25, 0.3) is 0 Å². The molecule has 0 radical (unpaired) electrons. The molecule has 142 valence electrons. The number of hydrogen-bond donors (Lipinski definition) is 1. The standard InChI is InChI=1S/C19H18ClNO5S/c1-11(18(22)21-14-5-8-16-17(9-14)25-10-24-16)26-19(23)12(2)27-15-6-3-13(20)4-7-15/h3-9,11-12H,10H2,1-2H3,(H,21,22)/t11-,12-/m0/s1. The predicted octanol–water partition coefficient (Wildman–Crippen LogP) is 4.12. The fourth-order valence-electron chi connectivity index (χ4n) is 2.31. The van der Waals surface area contributed by atoms with Crippen LogP contribution in [0.3, 0.4) is 0 Å². The normalized spacial score (nSPS) is 14.3. The van der Waals surface area contributed by atoms with E-state index in [0.29, 0.717) is 22.2 Å². The fourth-order valence-corrected chi connectivity index (χ4v) is 3.29. The van der Waals surface area contributed by atoms with Crippen LogP contribution in [-0.2, 0) is 14.3 Å². The molecule has 1 heterocycles. The van der Waals surface area contributed by atoms with Crippen LogP contribution in [0.1, 0.15) is 13.8 Å². The Hall–Kier alpha value is -2.38. The first-order chi connectivity index (χ1) is 12.9. The number of anilines is 1. The Kier molecular flexibility index (Phi) is 6.13. The summed E-state index contributed by atoms with van der Waals surface area (Å²) in [5.74, 6) is 0.292. The van der Waals surface area contributed by atoms with Gasteiger partial charge in [-0.3, -0.25) is 9.59 Å². The van der Waals surface area contributed by atoms with Gasteiger partial charge in [0, 0.05) is 21.7 Å². The highest BCUT2D eigenvalue weighted by Crippen LogP contribution is 2.34. The maximum Gasteiger partial charge on any atom is 0.319 e. The van der Waals surface area contributed by atoms with Gasteiger partial charge in [-0.2, -0.15) is 0 Å². The summed E-state index contributed by atoms with van der Waals surface area (Å²) in [6, 6.07) is 12.2. The van der Waals surface area contributed by atoms with Crippen molar-refractivity contribution < 1.29 is 23.8 Å². The van der Waals surface area contributed by atoms with Gasteiger partial charge in [0.05, 0.1) is 0 Å². The molecule has 8 heteroatoms. The van der Waals surface area contributed by atoms with E-state index >= 15 is 0 Å². The third kappa shape index (κ3) is 5.08. The number of rotatable bonds is 6. The first kappa shape index (κ1) is 19.4. The molecule has 0 unspecified atom stereocenters. The topological polar surface area (TPSA) is 73.9 Å². The van der Waals surface area contributed by atoms with Crippen molar-refractivity contribution in [2.24, 2.45) is 0 Å². The van der Waals surface area contributed by atoms with Crippen LogP contribution < -0.4 is 14.8 Å². The van der Waals surface area contributed by atoms with Crippen LogP contribution in [0, 0.1) is 0 Å². The molecule has 6 nitrogen and oxygen atoms in total. The molecule has 0 saturated heterocycles. The average molecular weight is 408 g/mol. The number of fused-ring (bicyclic) bond motifs is 1. The highest BCUT2D eigenvalue weighted by molar-refractivity contribution is 8.00. The fraction of sp³-hybridized carbons (Fsp3) is 0.263. The molecule has 0 spiro atoms. The van der Waals surface area contributed by atoms with Crippen LogP contribution in [0.4, 0.5) is 5.69 Å². The summed E-state index contributed by atoms with van der Waals surface area (Å²) < 4.78 is 15.8. The molecule has 1 aliphatic rings. The molecule has 0 aliphatic carbocycles. The zero-order valence-corrected chi connectivity index (χ0v) is 16.3. The van der Waals surface area contributed by atoms with Gasteiger partial charge in [0.25, 0.3) is 5.91 Å². The Bertz CT molecular complexity index is 842. The molecule has 0 fully saturated rings. The van der Waals surface area contributed by atoms with E-state index in [9.17, 15) is 9.59 Å². The molecule has 2 aromatic carbocycles. The molecule has 0 bridgehead atoms. The van der Waals surface area contributed by atoms with E-state index in [2.05, 4.69) is 5.32 Å². The van der Waals surface area contributed by atoms with E-state index in [1.807, 2.05) is 12.1 Å². The number of halogens is 1. The molecule has 0 aromatic heterocycles. The Morgan fingerprint density at radius 1 is 1.11 bits per heavy atom. The minimum absolute atomic E-state index is 0.157. The van der Waals surface area contributed by atoms with Gasteiger partial charge in [0.15, 0.2) is 17.6 Å². The number of benzene rings is 2. The van der Waals surface area contributed by atoms with Gasteiger partial charge in [-0.05, 0) is 50.2 Å². The number of nitrogens with one attached hydrogen (secondary N) is 1. The lowest BCUT2D eigenvalue weighted by atomic mass is 10.2. The number of carbonyl (C=O) groups excluding carboxylic acids is 2. The summed E-state index contributed by atoms with van der Waals surface area (Å²) in [6.07, 6.45) is -0.934. The summed E-state index contributed by atoms with van der Waals surface area (Å²) in [5.41, 5.74) is 0.538. The largest absolute Gasteiger partial charge is 0.454 e. The second kappa shape index (κ2) is 8.54. The van der Waals surface area contributed by atoms with E-state index in [0.717, 1.165) is 4.90 Å². The minimum Gasteiger partial charge on any atom is -0.454 e. The molecule has 1 amide bonds. The molecule has 3 rings (SSSR count). The second-order valence-corrected chi connectivity index (χ2v) is 7.70. The lowest BCUT2D eigenvalue weighted by Crippen LogP contribution is -2.32. The SMILES string of the molecule is C[C@H](OC(=O)[C@H](C)Sc1ccc(Cl)cc1)C(=O)Nc1ccc2c(c1)OCO2. The summed E-state index contributed by atoms with van der Waals surface area (Å²) >= 11 is 7.19. The molecule has 27 heavy (non-hydrogen) atoms. The Morgan fingerprint density at radius 2 is 1.81 bits per heavy atom. The molecular weight excluding hydrogens is 390 g/mol. The number of ether oxygens (including phenoxy) is 3. The summed E-state index contributed by atoms with van der Waals surface area (Å²) in [6.45, 7) is 3.41. The van der Waals surface area contributed by atoms with Gasteiger partial charge in [-0.25, -0.2) is 0 Å². The van der Waals surface area contributed by atoms with Gasteiger partial charge < -0.3 is 19.5 Å². The van der Waals surface area contributed by atoms with Crippen molar-refractivity contribution in [3.63, 3.8) is 0 Å². The summed E-state index contributed by atoms with van der Waals surface area (Å²) in [4.78, 5) is 25.4. The van der Waals surface area contributed by atoms with Gasteiger partial charge in [-0.15, -0.1) is 11.8 Å². The van der Waals surface area contributed by atoms with E-state index in [-0.39, 0.29) is 6.79 Å². The van der Waals surface area contributed by atoms with E-state index in [1.165, 1.54) is 18.7 Å². The zero-order chi connectivity index (χ0) is 19.4. The highest BCUT2D eigenvalue weighted by atomic mass is 35.5. The average Bonchev–Trinajstić information content (AvgIpc) is 3.11. The van der Waals surface area contributed by atoms with Crippen molar-refractivity contribution in [1.29, 1.82) is 0 Å². The minimum atomic E-state index is -0.934. The van der Waals surface area contributed by atoms with Crippen LogP contribution in [-0.4, -0.2) is 30.0 Å². The molecule has 2 atom stereocenters. The zero-order valence-electron chi connectivity index (χ0n) is 14.7. The predicted molar refractivity (Wildman–Crippen MR) is 104 cm³/mol. The molecule has 0 saturated carbocycles. The maximum absolute atomic E-state index is 12.3. The Morgan fingerprint density at radius 3 is 2.56 bits per heavy atom. The first-order valence-electron chi connectivity index (χ1n) is 8.25. The van der Waals surface area contributed by atoms with Crippen molar-refractivity contribution in [3.05, 3.63) is 47.5 Å². The number of esters is 1. The van der Waals surface area contributed by atoms with E-state index in [1.54, 1.807) is 37.3 Å². The van der Waals surface area contributed by atoms with Crippen LogP contribution >= 0.6 is 23.4 Å². The number of hydrogen-bond acceptors (Lipinski definition) is 6. The van der Waals surface area contributed by atoms with E-state index < -0.39 is 23.2 Å². The summed E-state index contributed by atoms with van der Waals surface area (Å²) in [7, 11) is 0. The van der Waals surface area contributed by atoms with Gasteiger partial charge in [0.1, 0.15) is 5.25 Å². The Balaban J connectivity index is 1.52. The monoisotopic (exact) mass is 407 g/mol. The van der Waals surface area contributed by atoms with Gasteiger partial charge in [0.2, 0.25) is 6.79 Å². The first-order valence-corrected chi connectivity index (χ1v) is 9.51. The second-order valence-electron chi connectivity index (χ2n) is 5.85. The number of thioether (sulfide) groups is 1. The molecule has 2 aromatic rings. The van der Waals surface area contributed by atoms with Crippen LogP contribution in [0.5, 0.6) is 11.5 Å². The molecular formula is C19H18ClNO5S. The molecule has 1 N–H and O–H groups in total. The molecule has 1 aliphatic heterocycles. The van der Waals surface area contributed by atoms with Crippen molar-refractivity contribution in [1.82, 2.24) is 0 Å². The van der Waals surface area contributed by atoms with Crippen LogP contribution in [0.2, 0.25) is 5.02 Å². The van der Waals surface area contributed by atoms with Crippen LogP contribution in [0.15, 0.2) is 47.4 Å². The lowest BCUT2D eigenvalue weighted by molar-refractivity contribution is -0.152. The van der Waals surface area contributed by atoms with E-state index in [4.69, 9.17) is 25.8 Å². The third-order valence-electron chi connectivity index (χ3n) is 3.76. The Labute approximate surface area is 166 Å². The van der Waals surface area contributed by atoms with Crippen molar-refractivity contribution >= 4 is 40.9 Å². The highest BCUT2D eigenvalue weighted by Gasteiger charge is 2.23.